The summed E-state index contributed by atoms with van der Waals surface area (Å²) in [5.74, 6) is 1.95. The number of fused-ring (bicyclic) bond motifs is 1. The number of anilines is 1. The highest BCUT2D eigenvalue weighted by Gasteiger charge is 2.16. The Hall–Kier alpha value is -3.30. The van der Waals surface area contributed by atoms with Crippen LogP contribution in [-0.2, 0) is 0 Å². The number of aromatic nitrogens is 1. The van der Waals surface area contributed by atoms with Crippen LogP contribution in [0.4, 0.5) is 5.69 Å². The summed E-state index contributed by atoms with van der Waals surface area (Å²) in [6.07, 6.45) is 1.70. The zero-order chi connectivity index (χ0) is 19.5. The van der Waals surface area contributed by atoms with E-state index in [0.717, 1.165) is 28.4 Å². The Labute approximate surface area is 167 Å². The number of ether oxygens (including phenoxy) is 2. The molecule has 0 bridgehead atoms. The molecule has 2 aromatic carbocycles. The molecule has 140 valence electrons. The van der Waals surface area contributed by atoms with Gasteiger partial charge in [0.15, 0.2) is 11.5 Å². The minimum Gasteiger partial charge on any atom is -0.454 e. The maximum absolute atomic E-state index is 9.55. The van der Waals surface area contributed by atoms with Crippen molar-refractivity contribution in [1.29, 1.82) is 5.26 Å². The van der Waals surface area contributed by atoms with E-state index in [2.05, 4.69) is 42.4 Å². The van der Waals surface area contributed by atoms with E-state index in [9.17, 15) is 5.26 Å². The number of nitrogens with zero attached hydrogens (tertiary/aromatic N) is 2. The van der Waals surface area contributed by atoms with Crippen molar-refractivity contribution in [3.8, 4) is 28.8 Å². The molecule has 28 heavy (non-hydrogen) atoms. The summed E-state index contributed by atoms with van der Waals surface area (Å²) >= 11 is 1.44. The molecule has 6 heteroatoms. The van der Waals surface area contributed by atoms with Crippen molar-refractivity contribution >= 4 is 22.6 Å². The van der Waals surface area contributed by atoms with Crippen molar-refractivity contribution in [2.75, 3.05) is 12.1 Å². The second-order valence-electron chi connectivity index (χ2n) is 6.70. The molecular formula is C22H19N3O2S. The Morgan fingerprint density at radius 1 is 1.18 bits per heavy atom. The van der Waals surface area contributed by atoms with Crippen LogP contribution in [0.5, 0.6) is 11.5 Å². The second kappa shape index (κ2) is 7.75. The largest absolute Gasteiger partial charge is 0.454 e. The van der Waals surface area contributed by atoms with Crippen LogP contribution in [0, 0.1) is 11.3 Å². The fourth-order valence-electron chi connectivity index (χ4n) is 2.85. The Kier molecular flexibility index (Phi) is 5.00. The lowest BCUT2D eigenvalue weighted by molar-refractivity contribution is 0.174. The first-order chi connectivity index (χ1) is 13.6. The van der Waals surface area contributed by atoms with Crippen LogP contribution in [0.2, 0.25) is 0 Å². The van der Waals surface area contributed by atoms with Gasteiger partial charge < -0.3 is 14.8 Å². The highest BCUT2D eigenvalue weighted by atomic mass is 32.1. The van der Waals surface area contributed by atoms with Gasteiger partial charge in [-0.25, -0.2) is 4.98 Å². The summed E-state index contributed by atoms with van der Waals surface area (Å²) in [5, 5.41) is 15.3. The Balaban J connectivity index is 1.52. The molecule has 0 spiro atoms. The summed E-state index contributed by atoms with van der Waals surface area (Å²) in [7, 11) is 0. The van der Waals surface area contributed by atoms with Crippen LogP contribution in [0.25, 0.3) is 16.8 Å². The molecule has 1 N–H and O–H groups in total. The number of nitrogens with one attached hydrogen (secondary N) is 1. The van der Waals surface area contributed by atoms with Gasteiger partial charge in [-0.15, -0.1) is 11.3 Å². The fourth-order valence-corrected chi connectivity index (χ4v) is 3.64. The average molecular weight is 389 g/mol. The number of hydrogen-bond donors (Lipinski definition) is 1. The van der Waals surface area contributed by atoms with Gasteiger partial charge in [0.25, 0.3) is 0 Å². The molecule has 0 fully saturated rings. The van der Waals surface area contributed by atoms with E-state index in [4.69, 9.17) is 9.47 Å². The molecule has 0 amide bonds. The van der Waals surface area contributed by atoms with Crippen molar-refractivity contribution in [2.45, 2.75) is 19.8 Å². The van der Waals surface area contributed by atoms with Gasteiger partial charge in [0.2, 0.25) is 6.79 Å². The maximum atomic E-state index is 9.55. The lowest BCUT2D eigenvalue weighted by Crippen LogP contribution is -1.93. The molecule has 0 unspecified atom stereocenters. The van der Waals surface area contributed by atoms with E-state index in [0.29, 0.717) is 16.5 Å². The first kappa shape index (κ1) is 18.1. The standard InChI is InChI=1S/C22H19N3O2S/c1-14(2)15-3-6-18(7-4-15)24-11-17(10-23)22-25-19(12-28-22)16-5-8-20-21(9-16)27-13-26-20/h3-9,11-12,14,24H,13H2,1-2H3/b17-11-. The number of benzene rings is 2. The van der Waals surface area contributed by atoms with E-state index in [-0.39, 0.29) is 6.79 Å². The van der Waals surface area contributed by atoms with Crippen molar-refractivity contribution in [1.82, 2.24) is 4.98 Å². The SMILES string of the molecule is CC(C)c1ccc(N/C=C(/C#N)c2nc(-c3ccc4c(c3)OCO4)cs2)cc1. The van der Waals surface area contributed by atoms with Gasteiger partial charge in [0.05, 0.1) is 5.69 Å². The number of thiazole rings is 1. The van der Waals surface area contributed by atoms with Crippen LogP contribution >= 0.6 is 11.3 Å². The van der Waals surface area contributed by atoms with E-state index in [1.165, 1.54) is 16.9 Å². The van der Waals surface area contributed by atoms with E-state index in [1.807, 2.05) is 35.7 Å². The summed E-state index contributed by atoms with van der Waals surface area (Å²) in [6, 6.07) is 16.2. The fraction of sp³-hybridized carbons (Fsp3) is 0.182. The Morgan fingerprint density at radius 2 is 1.96 bits per heavy atom. The summed E-state index contributed by atoms with van der Waals surface area (Å²) in [5.41, 5.74) is 4.44. The van der Waals surface area contributed by atoms with E-state index in [1.54, 1.807) is 6.20 Å². The van der Waals surface area contributed by atoms with Crippen molar-refractivity contribution in [2.24, 2.45) is 0 Å². The highest BCUT2D eigenvalue weighted by molar-refractivity contribution is 7.11. The van der Waals surface area contributed by atoms with Gasteiger partial charge in [-0.3, -0.25) is 0 Å². The quantitative estimate of drug-likeness (QED) is 0.572. The molecule has 3 aromatic rings. The zero-order valence-electron chi connectivity index (χ0n) is 15.6. The van der Waals surface area contributed by atoms with E-state index < -0.39 is 0 Å². The van der Waals surface area contributed by atoms with Gasteiger partial charge in [0, 0.05) is 22.8 Å². The molecule has 0 saturated heterocycles. The lowest BCUT2D eigenvalue weighted by Gasteiger charge is -2.06. The minimum atomic E-state index is 0.242. The summed E-state index contributed by atoms with van der Waals surface area (Å²) < 4.78 is 10.8. The van der Waals surface area contributed by atoms with Gasteiger partial charge in [-0.05, 0) is 41.8 Å². The molecule has 4 rings (SSSR count). The van der Waals surface area contributed by atoms with Crippen LogP contribution in [-0.4, -0.2) is 11.8 Å². The van der Waals surface area contributed by atoms with Crippen LogP contribution in [0.15, 0.2) is 54.0 Å². The number of nitriles is 1. The zero-order valence-corrected chi connectivity index (χ0v) is 16.4. The topological polar surface area (TPSA) is 67.2 Å². The molecule has 0 radical (unpaired) electrons. The molecule has 0 atom stereocenters. The van der Waals surface area contributed by atoms with Gasteiger partial charge >= 0.3 is 0 Å². The van der Waals surface area contributed by atoms with Crippen LogP contribution in [0.1, 0.15) is 30.3 Å². The van der Waals surface area contributed by atoms with Gasteiger partial charge in [-0.1, -0.05) is 26.0 Å². The smallest absolute Gasteiger partial charge is 0.231 e. The maximum Gasteiger partial charge on any atom is 0.231 e. The minimum absolute atomic E-state index is 0.242. The third kappa shape index (κ3) is 3.71. The van der Waals surface area contributed by atoms with Crippen molar-refractivity contribution < 1.29 is 9.47 Å². The lowest BCUT2D eigenvalue weighted by atomic mass is 10.0. The second-order valence-corrected chi connectivity index (χ2v) is 7.55. The summed E-state index contributed by atoms with van der Waals surface area (Å²) in [4.78, 5) is 4.62. The van der Waals surface area contributed by atoms with Crippen LogP contribution < -0.4 is 14.8 Å². The van der Waals surface area contributed by atoms with Gasteiger partial charge in [0.1, 0.15) is 16.6 Å². The predicted molar refractivity (Wildman–Crippen MR) is 111 cm³/mol. The third-order valence-electron chi connectivity index (χ3n) is 4.48. The number of allylic oxidation sites excluding steroid dienone is 1. The van der Waals surface area contributed by atoms with Crippen molar-refractivity contribution in [3.05, 3.63) is 64.6 Å². The Morgan fingerprint density at radius 3 is 2.71 bits per heavy atom. The summed E-state index contributed by atoms with van der Waals surface area (Å²) in [6.45, 7) is 4.57. The van der Waals surface area contributed by atoms with Gasteiger partial charge in [-0.2, -0.15) is 5.26 Å². The molecule has 1 aliphatic rings. The first-order valence-corrected chi connectivity index (χ1v) is 9.84. The predicted octanol–water partition coefficient (Wildman–Crippen LogP) is 5.64. The number of rotatable bonds is 5. The molecule has 1 aromatic heterocycles. The highest BCUT2D eigenvalue weighted by Crippen LogP contribution is 2.36. The molecule has 0 saturated carbocycles. The number of hydrogen-bond acceptors (Lipinski definition) is 6. The monoisotopic (exact) mass is 389 g/mol. The molecule has 2 heterocycles. The molecule has 5 nitrogen and oxygen atoms in total. The van der Waals surface area contributed by atoms with Crippen LogP contribution in [0.3, 0.4) is 0 Å². The molecular weight excluding hydrogens is 370 g/mol. The molecule has 0 aliphatic carbocycles. The Bertz CT molecular complexity index is 1060. The average Bonchev–Trinajstić information content (AvgIpc) is 3.38. The third-order valence-corrected chi connectivity index (χ3v) is 5.36. The van der Waals surface area contributed by atoms with Crippen molar-refractivity contribution in [3.63, 3.8) is 0 Å². The normalized spacial score (nSPS) is 12.9. The first-order valence-electron chi connectivity index (χ1n) is 8.97. The van der Waals surface area contributed by atoms with E-state index >= 15 is 0 Å². The molecule has 1 aliphatic heterocycles.